The molecule has 0 spiro atoms. The van der Waals surface area contributed by atoms with Gasteiger partial charge in [-0.15, -0.1) is 0 Å². The van der Waals surface area contributed by atoms with Gasteiger partial charge in [0.15, 0.2) is 0 Å². The van der Waals surface area contributed by atoms with Gasteiger partial charge in [-0.25, -0.2) is 8.42 Å². The Balaban J connectivity index is 0. The minimum absolute atomic E-state index is 0. The van der Waals surface area contributed by atoms with Gasteiger partial charge in [-0.3, -0.25) is 4.90 Å². The molecule has 0 saturated carbocycles. The molecular weight excluding hydrogens is 285 g/mol. The summed E-state index contributed by atoms with van der Waals surface area (Å²) >= 11 is 0. The summed E-state index contributed by atoms with van der Waals surface area (Å²) in [5.74, 6) is -0.500. The SMILES string of the molecule is CCC(CO)N(CCS(=O)(=O)[O-])C(CC)CO.[K+]. The molecule has 18 heavy (non-hydrogen) atoms. The van der Waals surface area contributed by atoms with Crippen molar-refractivity contribution in [1.82, 2.24) is 4.90 Å². The van der Waals surface area contributed by atoms with Gasteiger partial charge in [-0.2, -0.15) is 0 Å². The summed E-state index contributed by atoms with van der Waals surface area (Å²) in [7, 11) is -4.27. The predicted molar refractivity (Wildman–Crippen MR) is 63.6 cm³/mol. The standard InChI is InChI=1S/C10H23NO5S.K/c1-3-9(7-12)11(10(4-2)8-13)5-6-17(14,15)16;/h9-10,12-13H,3-8H2,1-2H3,(H,14,15,16);/q;+1/p-1. The van der Waals surface area contributed by atoms with Gasteiger partial charge in [-0.05, 0) is 12.8 Å². The first-order valence-corrected chi connectivity index (χ1v) is 7.38. The average molecular weight is 307 g/mol. The monoisotopic (exact) mass is 307 g/mol. The Morgan fingerprint density at radius 2 is 1.50 bits per heavy atom. The van der Waals surface area contributed by atoms with Crippen LogP contribution in [0.1, 0.15) is 26.7 Å². The van der Waals surface area contributed by atoms with Crippen LogP contribution in [0, 0.1) is 0 Å². The van der Waals surface area contributed by atoms with E-state index in [-0.39, 0.29) is 83.2 Å². The fourth-order valence-corrected chi connectivity index (χ4v) is 2.25. The molecule has 0 aromatic heterocycles. The van der Waals surface area contributed by atoms with E-state index in [1.807, 2.05) is 13.8 Å². The Bertz CT molecular complexity index is 279. The van der Waals surface area contributed by atoms with Crippen molar-refractivity contribution in [1.29, 1.82) is 0 Å². The Morgan fingerprint density at radius 3 is 1.72 bits per heavy atom. The van der Waals surface area contributed by atoms with Crippen molar-refractivity contribution in [2.75, 3.05) is 25.5 Å². The van der Waals surface area contributed by atoms with Crippen molar-refractivity contribution < 1.29 is 74.6 Å². The van der Waals surface area contributed by atoms with Gasteiger partial charge in [0.25, 0.3) is 0 Å². The zero-order valence-corrected chi connectivity index (χ0v) is 15.3. The fourth-order valence-electron chi connectivity index (χ4n) is 1.82. The second-order valence-electron chi connectivity index (χ2n) is 3.99. The second kappa shape index (κ2) is 11.1. The molecule has 0 rings (SSSR count). The van der Waals surface area contributed by atoms with Gasteiger partial charge in [0.05, 0.1) is 29.1 Å². The molecule has 2 atom stereocenters. The third-order valence-electron chi connectivity index (χ3n) is 2.90. The molecular formula is C10H22KNO5S. The van der Waals surface area contributed by atoms with E-state index in [2.05, 4.69) is 0 Å². The largest absolute Gasteiger partial charge is 1.00 e. The maximum atomic E-state index is 10.6. The molecule has 0 aromatic rings. The van der Waals surface area contributed by atoms with Crippen molar-refractivity contribution in [3.63, 3.8) is 0 Å². The zero-order chi connectivity index (χ0) is 13.5. The maximum Gasteiger partial charge on any atom is 1.00 e. The second-order valence-corrected chi connectivity index (χ2v) is 5.51. The molecule has 104 valence electrons. The normalized spacial score (nSPS) is 15.2. The van der Waals surface area contributed by atoms with Crippen molar-refractivity contribution in [2.45, 2.75) is 38.8 Å². The van der Waals surface area contributed by atoms with Crippen LogP contribution in [-0.2, 0) is 10.1 Å². The molecule has 0 heterocycles. The molecule has 2 N–H and O–H groups in total. The molecule has 0 saturated heterocycles. The van der Waals surface area contributed by atoms with Gasteiger partial charge >= 0.3 is 51.4 Å². The molecule has 0 aliphatic heterocycles. The molecule has 0 aromatic carbocycles. The average Bonchev–Trinajstić information content (AvgIpc) is 2.26. The van der Waals surface area contributed by atoms with Crippen LogP contribution in [0.15, 0.2) is 0 Å². The summed E-state index contributed by atoms with van der Waals surface area (Å²) in [6.45, 7) is 3.54. The molecule has 0 aliphatic carbocycles. The summed E-state index contributed by atoms with van der Waals surface area (Å²) in [4.78, 5) is 1.70. The summed E-state index contributed by atoms with van der Waals surface area (Å²) in [6.07, 6.45) is 1.26. The smallest absolute Gasteiger partial charge is 0.748 e. The number of aliphatic hydroxyl groups is 2. The minimum atomic E-state index is -4.27. The summed E-state index contributed by atoms with van der Waals surface area (Å²) in [5.41, 5.74) is 0. The molecule has 0 radical (unpaired) electrons. The fraction of sp³-hybridized carbons (Fsp3) is 1.00. The van der Waals surface area contributed by atoms with E-state index in [9.17, 15) is 23.2 Å². The Kier molecular flexibility index (Phi) is 13.4. The van der Waals surface area contributed by atoms with Crippen molar-refractivity contribution in [3.8, 4) is 0 Å². The van der Waals surface area contributed by atoms with Gasteiger partial charge in [0.2, 0.25) is 0 Å². The van der Waals surface area contributed by atoms with Crippen molar-refractivity contribution >= 4 is 10.1 Å². The van der Waals surface area contributed by atoms with Crippen LogP contribution < -0.4 is 51.4 Å². The third-order valence-corrected chi connectivity index (χ3v) is 3.58. The predicted octanol–water partition coefficient (Wildman–Crippen LogP) is -3.62. The van der Waals surface area contributed by atoms with Gasteiger partial charge in [0, 0.05) is 18.6 Å². The number of hydrogen-bond acceptors (Lipinski definition) is 6. The van der Waals surface area contributed by atoms with E-state index in [4.69, 9.17) is 0 Å². The number of hydrogen-bond donors (Lipinski definition) is 2. The van der Waals surface area contributed by atoms with E-state index < -0.39 is 15.9 Å². The maximum absolute atomic E-state index is 10.6. The number of rotatable bonds is 9. The molecule has 0 fully saturated rings. The van der Waals surface area contributed by atoms with E-state index in [0.717, 1.165) is 0 Å². The quantitative estimate of drug-likeness (QED) is 0.337. The molecule has 8 heteroatoms. The van der Waals surface area contributed by atoms with Crippen molar-refractivity contribution in [3.05, 3.63) is 0 Å². The van der Waals surface area contributed by atoms with Gasteiger partial charge in [-0.1, -0.05) is 13.8 Å². The first-order chi connectivity index (χ1) is 7.89. The summed E-state index contributed by atoms with van der Waals surface area (Å²) in [6, 6.07) is -0.456. The Labute approximate surface area is 152 Å². The van der Waals surface area contributed by atoms with Crippen LogP contribution in [0.2, 0.25) is 0 Å². The third kappa shape index (κ3) is 8.57. The van der Waals surface area contributed by atoms with E-state index >= 15 is 0 Å². The Hall–Kier alpha value is 1.43. The Morgan fingerprint density at radius 1 is 1.11 bits per heavy atom. The molecule has 0 amide bonds. The molecule has 0 bridgehead atoms. The molecule has 0 aliphatic rings. The first-order valence-electron chi connectivity index (χ1n) is 5.80. The number of aliphatic hydroxyl groups excluding tert-OH is 2. The van der Waals surface area contributed by atoms with Crippen LogP contribution in [0.3, 0.4) is 0 Å². The van der Waals surface area contributed by atoms with E-state index in [1.165, 1.54) is 0 Å². The van der Waals surface area contributed by atoms with Crippen LogP contribution in [-0.4, -0.2) is 65.7 Å². The zero-order valence-electron chi connectivity index (χ0n) is 11.4. The van der Waals surface area contributed by atoms with E-state index in [1.54, 1.807) is 4.90 Å². The summed E-state index contributed by atoms with van der Waals surface area (Å²) < 4.78 is 31.9. The van der Waals surface area contributed by atoms with Crippen LogP contribution in [0.5, 0.6) is 0 Å². The minimum Gasteiger partial charge on any atom is -0.748 e. The van der Waals surface area contributed by atoms with Crippen LogP contribution >= 0.6 is 0 Å². The first kappa shape index (κ1) is 21.7. The van der Waals surface area contributed by atoms with Crippen LogP contribution in [0.4, 0.5) is 0 Å². The topological polar surface area (TPSA) is 101 Å². The van der Waals surface area contributed by atoms with E-state index in [0.29, 0.717) is 12.8 Å². The van der Waals surface area contributed by atoms with Gasteiger partial charge < -0.3 is 14.8 Å². The summed E-state index contributed by atoms with van der Waals surface area (Å²) in [5, 5.41) is 18.4. The van der Waals surface area contributed by atoms with Crippen molar-refractivity contribution in [2.24, 2.45) is 0 Å². The molecule has 2 unspecified atom stereocenters. The van der Waals surface area contributed by atoms with Crippen LogP contribution in [0.25, 0.3) is 0 Å². The number of nitrogens with zero attached hydrogens (tertiary/aromatic N) is 1. The van der Waals surface area contributed by atoms with Gasteiger partial charge in [0.1, 0.15) is 0 Å². The molecule has 6 nitrogen and oxygen atoms in total.